The highest BCUT2D eigenvalue weighted by molar-refractivity contribution is 7.89. The Morgan fingerprint density at radius 2 is 1.85 bits per heavy atom. The highest BCUT2D eigenvalue weighted by atomic mass is 32.2. The maximum atomic E-state index is 12.6. The van der Waals surface area contributed by atoms with Crippen molar-refractivity contribution in [2.45, 2.75) is 30.6 Å². The van der Waals surface area contributed by atoms with Crippen molar-refractivity contribution in [1.82, 2.24) is 9.29 Å². The van der Waals surface area contributed by atoms with E-state index >= 15 is 0 Å². The number of benzene rings is 1. The molecule has 0 saturated carbocycles. The smallest absolute Gasteiger partial charge is 0.243 e. The van der Waals surface area contributed by atoms with Gasteiger partial charge in [-0.3, -0.25) is 9.78 Å². The van der Waals surface area contributed by atoms with Crippen molar-refractivity contribution in [1.29, 1.82) is 0 Å². The summed E-state index contributed by atoms with van der Waals surface area (Å²) in [5.74, 6) is 0.342. The number of hydrogen-bond donors (Lipinski definition) is 1. The summed E-state index contributed by atoms with van der Waals surface area (Å²) in [5, 5.41) is 2.83. The Kier molecular flexibility index (Phi) is 6.00. The maximum absolute atomic E-state index is 12.6. The predicted molar refractivity (Wildman–Crippen MR) is 100 cm³/mol. The Hall–Kier alpha value is -2.25. The number of carbonyl (C=O) groups excluding carboxylic acids is 1. The Balaban J connectivity index is 1.46. The Bertz CT molecular complexity index is 818. The Morgan fingerprint density at radius 1 is 1.12 bits per heavy atom. The van der Waals surface area contributed by atoms with Gasteiger partial charge in [0.2, 0.25) is 15.9 Å². The number of anilines is 1. The van der Waals surface area contributed by atoms with Gasteiger partial charge >= 0.3 is 0 Å². The molecule has 0 aliphatic carbocycles. The summed E-state index contributed by atoms with van der Waals surface area (Å²) in [6.07, 6.45) is 6.05. The van der Waals surface area contributed by atoms with Crippen LogP contribution < -0.4 is 5.32 Å². The van der Waals surface area contributed by atoms with Crippen molar-refractivity contribution in [2.75, 3.05) is 18.4 Å². The lowest BCUT2D eigenvalue weighted by molar-refractivity contribution is -0.116. The molecule has 7 heteroatoms. The van der Waals surface area contributed by atoms with E-state index in [0.717, 1.165) is 19.3 Å². The monoisotopic (exact) mass is 373 g/mol. The molecule has 1 amide bonds. The molecule has 0 bridgehead atoms. The van der Waals surface area contributed by atoms with Crippen LogP contribution in [0.4, 0.5) is 5.69 Å². The summed E-state index contributed by atoms with van der Waals surface area (Å²) in [7, 11) is -3.41. The van der Waals surface area contributed by atoms with E-state index in [-0.39, 0.29) is 5.91 Å². The lowest BCUT2D eigenvalue weighted by Gasteiger charge is -2.31. The van der Waals surface area contributed by atoms with Crippen molar-refractivity contribution in [2.24, 2.45) is 5.92 Å². The largest absolute Gasteiger partial charge is 0.325 e. The molecule has 0 unspecified atom stereocenters. The molecule has 0 spiro atoms. The molecule has 138 valence electrons. The number of nitrogens with one attached hydrogen (secondary N) is 1. The molecule has 1 aromatic heterocycles. The van der Waals surface area contributed by atoms with Gasteiger partial charge in [-0.2, -0.15) is 4.31 Å². The van der Waals surface area contributed by atoms with E-state index in [0.29, 0.717) is 36.0 Å². The fourth-order valence-corrected chi connectivity index (χ4v) is 4.67. The Labute approximate surface area is 154 Å². The van der Waals surface area contributed by atoms with Crippen LogP contribution in [-0.4, -0.2) is 36.7 Å². The minimum atomic E-state index is -3.41. The first-order valence-corrected chi connectivity index (χ1v) is 10.2. The SMILES string of the molecule is O=C(CCC1CCN(S(=O)(=O)c2ccccc2)CC1)Nc1cccnc1. The van der Waals surface area contributed by atoms with Gasteiger partial charge in [-0.15, -0.1) is 0 Å². The number of carbonyl (C=O) groups is 1. The minimum Gasteiger partial charge on any atom is -0.325 e. The maximum Gasteiger partial charge on any atom is 0.243 e. The second-order valence-corrected chi connectivity index (χ2v) is 8.43. The molecule has 0 radical (unpaired) electrons. The Morgan fingerprint density at radius 3 is 2.50 bits per heavy atom. The number of amides is 1. The summed E-state index contributed by atoms with van der Waals surface area (Å²) in [6, 6.07) is 12.1. The molecule has 1 saturated heterocycles. The molecule has 1 aromatic carbocycles. The first-order chi connectivity index (χ1) is 12.6. The quantitative estimate of drug-likeness (QED) is 0.844. The van der Waals surface area contributed by atoms with Gasteiger partial charge in [-0.25, -0.2) is 8.42 Å². The van der Waals surface area contributed by atoms with Crippen LogP contribution in [0.5, 0.6) is 0 Å². The average Bonchev–Trinajstić information content (AvgIpc) is 2.68. The van der Waals surface area contributed by atoms with Gasteiger partial charge in [-0.05, 0) is 49.4 Å². The fraction of sp³-hybridized carbons (Fsp3) is 0.368. The highest BCUT2D eigenvalue weighted by Gasteiger charge is 2.29. The van der Waals surface area contributed by atoms with Gasteiger partial charge in [0.1, 0.15) is 0 Å². The molecule has 1 N–H and O–H groups in total. The molecular formula is C19H23N3O3S. The molecule has 0 atom stereocenters. The topological polar surface area (TPSA) is 79.4 Å². The van der Waals surface area contributed by atoms with E-state index in [9.17, 15) is 13.2 Å². The summed E-state index contributed by atoms with van der Waals surface area (Å²) >= 11 is 0. The third kappa shape index (κ3) is 4.68. The van der Waals surface area contributed by atoms with Crippen LogP contribution in [0, 0.1) is 5.92 Å². The van der Waals surface area contributed by atoms with E-state index in [2.05, 4.69) is 10.3 Å². The van der Waals surface area contributed by atoms with Crippen LogP contribution in [0.25, 0.3) is 0 Å². The first kappa shape index (κ1) is 18.5. The van der Waals surface area contributed by atoms with Gasteiger partial charge in [0.15, 0.2) is 0 Å². The summed E-state index contributed by atoms with van der Waals surface area (Å²) in [6.45, 7) is 1.01. The summed E-state index contributed by atoms with van der Waals surface area (Å²) in [5.41, 5.74) is 0.696. The van der Waals surface area contributed by atoms with Crippen molar-refractivity contribution in [3.63, 3.8) is 0 Å². The first-order valence-electron chi connectivity index (χ1n) is 8.81. The van der Waals surface area contributed by atoms with Gasteiger partial charge in [-0.1, -0.05) is 18.2 Å². The summed E-state index contributed by atoms with van der Waals surface area (Å²) < 4.78 is 26.8. The zero-order valence-electron chi connectivity index (χ0n) is 14.5. The van der Waals surface area contributed by atoms with Crippen molar-refractivity contribution in [3.8, 4) is 0 Å². The molecule has 26 heavy (non-hydrogen) atoms. The number of rotatable bonds is 6. The van der Waals surface area contributed by atoms with E-state index in [1.165, 1.54) is 0 Å². The lowest BCUT2D eigenvalue weighted by Crippen LogP contribution is -2.38. The van der Waals surface area contributed by atoms with E-state index in [1.54, 1.807) is 53.1 Å². The van der Waals surface area contributed by atoms with Crippen LogP contribution >= 0.6 is 0 Å². The van der Waals surface area contributed by atoms with Crippen LogP contribution in [0.15, 0.2) is 59.8 Å². The number of sulfonamides is 1. The molecule has 1 fully saturated rings. The molecule has 1 aliphatic heterocycles. The lowest BCUT2D eigenvalue weighted by atomic mass is 9.93. The van der Waals surface area contributed by atoms with Gasteiger partial charge in [0, 0.05) is 25.7 Å². The van der Waals surface area contributed by atoms with Crippen LogP contribution in [0.2, 0.25) is 0 Å². The molecule has 1 aliphatic rings. The summed E-state index contributed by atoms with van der Waals surface area (Å²) in [4.78, 5) is 16.3. The predicted octanol–water partition coefficient (Wildman–Crippen LogP) is 2.90. The number of piperidine rings is 1. The van der Waals surface area contributed by atoms with E-state index in [1.807, 2.05) is 6.07 Å². The molecule has 6 nitrogen and oxygen atoms in total. The number of hydrogen-bond acceptors (Lipinski definition) is 4. The number of aromatic nitrogens is 1. The van der Waals surface area contributed by atoms with E-state index < -0.39 is 10.0 Å². The third-order valence-corrected chi connectivity index (χ3v) is 6.59. The van der Waals surface area contributed by atoms with Crippen molar-refractivity contribution < 1.29 is 13.2 Å². The fourth-order valence-electron chi connectivity index (χ4n) is 3.18. The minimum absolute atomic E-state index is 0.0302. The zero-order valence-corrected chi connectivity index (χ0v) is 15.4. The van der Waals surface area contributed by atoms with E-state index in [4.69, 9.17) is 0 Å². The zero-order chi connectivity index (χ0) is 18.4. The van der Waals surface area contributed by atoms with Gasteiger partial charge in [0.25, 0.3) is 0 Å². The normalized spacial score (nSPS) is 16.3. The highest BCUT2D eigenvalue weighted by Crippen LogP contribution is 2.26. The molecular weight excluding hydrogens is 350 g/mol. The number of nitrogens with zero attached hydrogens (tertiary/aromatic N) is 2. The van der Waals surface area contributed by atoms with Crippen LogP contribution in [0.3, 0.4) is 0 Å². The van der Waals surface area contributed by atoms with Crippen molar-refractivity contribution >= 4 is 21.6 Å². The third-order valence-electron chi connectivity index (χ3n) is 4.68. The second-order valence-electron chi connectivity index (χ2n) is 6.49. The van der Waals surface area contributed by atoms with Crippen LogP contribution in [0.1, 0.15) is 25.7 Å². The number of pyridine rings is 1. The second kappa shape index (κ2) is 8.42. The van der Waals surface area contributed by atoms with Crippen LogP contribution in [-0.2, 0) is 14.8 Å². The average molecular weight is 373 g/mol. The van der Waals surface area contributed by atoms with Crippen molar-refractivity contribution in [3.05, 3.63) is 54.9 Å². The van der Waals surface area contributed by atoms with Gasteiger partial charge in [0.05, 0.1) is 16.8 Å². The molecule has 2 aromatic rings. The molecule has 3 rings (SSSR count). The molecule has 2 heterocycles. The van der Waals surface area contributed by atoms with Gasteiger partial charge < -0.3 is 5.32 Å². The standard InChI is InChI=1S/C19H23N3O3S/c23-19(21-17-5-4-12-20-15-17)9-8-16-10-13-22(14-11-16)26(24,25)18-6-2-1-3-7-18/h1-7,12,15-16H,8-11,13-14H2,(H,21,23).